The second kappa shape index (κ2) is 4.20. The standard InChI is InChI=1S/C10H18N2O4/c1-3-12(2)10-11-6-8(15)7(14)5(4-13)9(6)16-10/h5-9,13-15H,3-4H2,1-2H3/t5-,6?,7-,8-,9?/m1/s1. The molecule has 3 N–H and O–H groups in total. The van der Waals surface area contributed by atoms with Gasteiger partial charge in [-0.25, -0.2) is 4.99 Å². The number of amidine groups is 1. The lowest BCUT2D eigenvalue weighted by Crippen LogP contribution is -2.35. The number of hydrogen-bond donors (Lipinski definition) is 3. The predicted molar refractivity (Wildman–Crippen MR) is 57.0 cm³/mol. The molecule has 0 aromatic heterocycles. The highest BCUT2D eigenvalue weighted by Gasteiger charge is 2.54. The van der Waals surface area contributed by atoms with Crippen molar-refractivity contribution in [1.82, 2.24) is 4.90 Å². The van der Waals surface area contributed by atoms with Crippen molar-refractivity contribution < 1.29 is 20.1 Å². The van der Waals surface area contributed by atoms with Crippen LogP contribution >= 0.6 is 0 Å². The van der Waals surface area contributed by atoms with Gasteiger partial charge in [-0.2, -0.15) is 0 Å². The van der Waals surface area contributed by atoms with Gasteiger partial charge < -0.3 is 25.0 Å². The zero-order valence-corrected chi connectivity index (χ0v) is 9.45. The Morgan fingerprint density at radius 2 is 2.06 bits per heavy atom. The minimum absolute atomic E-state index is 0.210. The predicted octanol–water partition coefficient (Wildman–Crippen LogP) is -1.59. The van der Waals surface area contributed by atoms with Crippen molar-refractivity contribution in [2.75, 3.05) is 20.2 Å². The summed E-state index contributed by atoms with van der Waals surface area (Å²) < 4.78 is 5.58. The molecule has 0 aromatic carbocycles. The first-order valence-electron chi connectivity index (χ1n) is 5.52. The van der Waals surface area contributed by atoms with Gasteiger partial charge in [0.15, 0.2) is 0 Å². The molecule has 16 heavy (non-hydrogen) atoms. The first kappa shape index (κ1) is 11.6. The molecule has 92 valence electrons. The zero-order valence-electron chi connectivity index (χ0n) is 9.45. The lowest BCUT2D eigenvalue weighted by molar-refractivity contribution is -0.00829. The van der Waals surface area contributed by atoms with Crippen LogP contribution in [0.5, 0.6) is 0 Å². The van der Waals surface area contributed by atoms with E-state index in [2.05, 4.69) is 4.99 Å². The van der Waals surface area contributed by atoms with Crippen molar-refractivity contribution in [2.45, 2.75) is 31.3 Å². The third-order valence-corrected chi connectivity index (χ3v) is 3.41. The number of hydrogen-bond acceptors (Lipinski definition) is 6. The summed E-state index contributed by atoms with van der Waals surface area (Å²) in [5.74, 6) is -0.466. The van der Waals surface area contributed by atoms with E-state index >= 15 is 0 Å². The van der Waals surface area contributed by atoms with Crippen LogP contribution in [0.15, 0.2) is 4.99 Å². The van der Waals surface area contributed by atoms with E-state index in [4.69, 9.17) is 9.84 Å². The SMILES string of the molecule is CCN(C)C1=NC2C(O1)[C@H](CO)[C@@H](O)[C@@H]2O. The van der Waals surface area contributed by atoms with Crippen LogP contribution < -0.4 is 0 Å². The molecule has 0 aromatic rings. The molecule has 6 heteroatoms. The summed E-state index contributed by atoms with van der Waals surface area (Å²) in [4.78, 5) is 6.07. The van der Waals surface area contributed by atoms with Crippen molar-refractivity contribution in [3.63, 3.8) is 0 Å². The highest BCUT2D eigenvalue weighted by Crippen LogP contribution is 2.35. The second-order valence-corrected chi connectivity index (χ2v) is 4.33. The van der Waals surface area contributed by atoms with Crippen LogP contribution in [0.25, 0.3) is 0 Å². The van der Waals surface area contributed by atoms with E-state index in [1.807, 2.05) is 18.9 Å². The maximum atomic E-state index is 9.77. The van der Waals surface area contributed by atoms with Crippen LogP contribution in [0.3, 0.4) is 0 Å². The van der Waals surface area contributed by atoms with Gasteiger partial charge in [0.05, 0.1) is 18.6 Å². The summed E-state index contributed by atoms with van der Waals surface area (Å²) in [5, 5.41) is 28.6. The van der Waals surface area contributed by atoms with E-state index in [1.165, 1.54) is 0 Å². The van der Waals surface area contributed by atoms with E-state index in [9.17, 15) is 10.2 Å². The molecule has 5 atom stereocenters. The lowest BCUT2D eigenvalue weighted by atomic mass is 10.1. The summed E-state index contributed by atoms with van der Waals surface area (Å²) in [7, 11) is 1.84. The van der Waals surface area contributed by atoms with Gasteiger partial charge >= 0.3 is 0 Å². The van der Waals surface area contributed by atoms with Crippen molar-refractivity contribution in [3.8, 4) is 0 Å². The van der Waals surface area contributed by atoms with E-state index in [1.54, 1.807) is 0 Å². The number of aliphatic hydroxyl groups excluding tert-OH is 3. The molecule has 2 rings (SSSR count). The first-order chi connectivity index (χ1) is 7.60. The average Bonchev–Trinajstić information content (AvgIpc) is 2.80. The van der Waals surface area contributed by atoms with Crippen LogP contribution in [0.1, 0.15) is 6.92 Å². The Hall–Kier alpha value is -0.850. The Labute approximate surface area is 94.2 Å². The fraction of sp³-hybridized carbons (Fsp3) is 0.900. The minimum Gasteiger partial charge on any atom is -0.459 e. The highest BCUT2D eigenvalue weighted by atomic mass is 16.5. The molecule has 0 amide bonds. The normalized spacial score (nSPS) is 41.6. The summed E-state index contributed by atoms with van der Waals surface area (Å²) in [6, 6.07) is 0.0121. The van der Waals surface area contributed by atoms with E-state index in [-0.39, 0.29) is 6.61 Å². The second-order valence-electron chi connectivity index (χ2n) is 4.33. The average molecular weight is 230 g/mol. The highest BCUT2D eigenvalue weighted by molar-refractivity contribution is 5.76. The largest absolute Gasteiger partial charge is 0.459 e. The van der Waals surface area contributed by atoms with Gasteiger partial charge in [0.2, 0.25) is 0 Å². The van der Waals surface area contributed by atoms with Gasteiger partial charge in [0.1, 0.15) is 18.2 Å². The maximum Gasteiger partial charge on any atom is 0.287 e. The summed E-state index contributed by atoms with van der Waals surface area (Å²) in [6.45, 7) is 2.51. The van der Waals surface area contributed by atoms with Gasteiger partial charge in [0, 0.05) is 13.6 Å². The molecular formula is C10H18N2O4. The fourth-order valence-corrected chi connectivity index (χ4v) is 2.22. The Morgan fingerprint density at radius 1 is 1.38 bits per heavy atom. The van der Waals surface area contributed by atoms with E-state index < -0.39 is 30.3 Å². The first-order valence-corrected chi connectivity index (χ1v) is 5.52. The van der Waals surface area contributed by atoms with Gasteiger partial charge in [-0.05, 0) is 6.92 Å². The molecule has 0 radical (unpaired) electrons. The monoisotopic (exact) mass is 230 g/mol. The van der Waals surface area contributed by atoms with Crippen molar-refractivity contribution in [3.05, 3.63) is 0 Å². The molecule has 1 aliphatic heterocycles. The molecule has 1 aliphatic carbocycles. The number of aliphatic imine (C=N–C) groups is 1. The number of aliphatic hydroxyl groups is 3. The zero-order chi connectivity index (χ0) is 11.9. The van der Waals surface area contributed by atoms with Crippen LogP contribution in [0.4, 0.5) is 0 Å². The summed E-state index contributed by atoms with van der Waals surface area (Å²) in [6.07, 6.45) is -2.33. The Balaban J connectivity index is 2.15. The number of ether oxygens (including phenoxy) is 1. The minimum atomic E-state index is -0.961. The molecular weight excluding hydrogens is 212 g/mol. The third kappa shape index (κ3) is 1.57. The Bertz CT molecular complexity index is 297. The van der Waals surface area contributed by atoms with E-state index in [0.29, 0.717) is 6.02 Å². The molecule has 0 saturated heterocycles. The van der Waals surface area contributed by atoms with Crippen LogP contribution in [-0.2, 0) is 4.74 Å². The van der Waals surface area contributed by atoms with Crippen LogP contribution in [-0.4, -0.2) is 70.8 Å². The summed E-state index contributed by atoms with van der Waals surface area (Å²) >= 11 is 0. The Morgan fingerprint density at radius 3 is 2.62 bits per heavy atom. The molecule has 0 spiro atoms. The molecule has 0 bridgehead atoms. The van der Waals surface area contributed by atoms with Gasteiger partial charge in [-0.15, -0.1) is 0 Å². The molecule has 2 unspecified atom stereocenters. The lowest BCUT2D eigenvalue weighted by Gasteiger charge is -2.22. The van der Waals surface area contributed by atoms with Crippen LogP contribution in [0.2, 0.25) is 0 Å². The molecule has 1 fully saturated rings. The number of nitrogens with zero attached hydrogens (tertiary/aromatic N) is 2. The molecule has 1 saturated carbocycles. The van der Waals surface area contributed by atoms with Crippen LogP contribution in [0, 0.1) is 5.92 Å². The van der Waals surface area contributed by atoms with E-state index in [0.717, 1.165) is 6.54 Å². The van der Waals surface area contributed by atoms with Crippen molar-refractivity contribution in [1.29, 1.82) is 0 Å². The van der Waals surface area contributed by atoms with Gasteiger partial charge in [-0.3, -0.25) is 0 Å². The van der Waals surface area contributed by atoms with Crippen molar-refractivity contribution >= 4 is 6.02 Å². The number of fused-ring (bicyclic) bond motifs is 1. The third-order valence-electron chi connectivity index (χ3n) is 3.41. The molecule has 1 heterocycles. The molecule has 2 aliphatic rings. The Kier molecular flexibility index (Phi) is 3.05. The fourth-order valence-electron chi connectivity index (χ4n) is 2.22. The summed E-state index contributed by atoms with van der Waals surface area (Å²) in [5.41, 5.74) is 0. The smallest absolute Gasteiger partial charge is 0.287 e. The van der Waals surface area contributed by atoms with Crippen molar-refractivity contribution in [2.24, 2.45) is 10.9 Å². The maximum absolute atomic E-state index is 9.77. The molecule has 6 nitrogen and oxygen atoms in total. The van der Waals surface area contributed by atoms with Gasteiger partial charge in [-0.1, -0.05) is 0 Å². The van der Waals surface area contributed by atoms with Gasteiger partial charge in [0.25, 0.3) is 6.02 Å². The quantitative estimate of drug-likeness (QED) is 0.532. The number of rotatable bonds is 2. The topological polar surface area (TPSA) is 85.5 Å².